The lowest BCUT2D eigenvalue weighted by atomic mass is 10.2. The van der Waals surface area contributed by atoms with Gasteiger partial charge in [-0.25, -0.2) is 17.5 Å². The van der Waals surface area contributed by atoms with Gasteiger partial charge in [0.1, 0.15) is 10.7 Å². The van der Waals surface area contributed by atoms with Gasteiger partial charge < -0.3 is 14.6 Å². The molecule has 0 aliphatic carbocycles. The Morgan fingerprint density at radius 3 is 2.81 bits per heavy atom. The van der Waals surface area contributed by atoms with E-state index >= 15 is 0 Å². The molecule has 0 amide bonds. The number of benzene rings is 1. The van der Waals surface area contributed by atoms with Crippen LogP contribution >= 0.6 is 15.9 Å². The van der Waals surface area contributed by atoms with Crippen LogP contribution in [0.15, 0.2) is 21.5 Å². The zero-order chi connectivity index (χ0) is 15.5. The molecule has 2 N–H and O–H groups in total. The summed E-state index contributed by atoms with van der Waals surface area (Å²) >= 11 is 3.09. The highest BCUT2D eigenvalue weighted by Gasteiger charge is 2.24. The summed E-state index contributed by atoms with van der Waals surface area (Å²) in [5, 5.41) is 9.05. The highest BCUT2D eigenvalue weighted by Crippen LogP contribution is 2.24. The lowest BCUT2D eigenvalue weighted by molar-refractivity contribution is -0.0847. The van der Waals surface area contributed by atoms with E-state index in [4.69, 9.17) is 14.6 Å². The third-order valence-electron chi connectivity index (χ3n) is 2.93. The smallest absolute Gasteiger partial charge is 0.243 e. The zero-order valence-electron chi connectivity index (χ0n) is 11.0. The van der Waals surface area contributed by atoms with E-state index in [1.165, 1.54) is 6.07 Å². The number of hydrogen-bond acceptors (Lipinski definition) is 5. The van der Waals surface area contributed by atoms with Crippen LogP contribution in [0.5, 0.6) is 0 Å². The fourth-order valence-corrected chi connectivity index (χ4v) is 3.73. The summed E-state index contributed by atoms with van der Waals surface area (Å²) in [4.78, 5) is -0.516. The van der Waals surface area contributed by atoms with E-state index in [1.807, 2.05) is 0 Å². The lowest BCUT2D eigenvalue weighted by Gasteiger charge is -2.23. The number of halogens is 2. The molecular formula is C12H15BrFNO5S. The third-order valence-corrected chi connectivity index (χ3v) is 4.81. The van der Waals surface area contributed by atoms with Gasteiger partial charge in [-0.2, -0.15) is 0 Å². The Hall–Kier alpha value is -0.580. The Morgan fingerprint density at radius 2 is 2.19 bits per heavy atom. The van der Waals surface area contributed by atoms with Crippen molar-refractivity contribution in [2.24, 2.45) is 0 Å². The number of rotatable bonds is 5. The summed E-state index contributed by atoms with van der Waals surface area (Å²) in [5.74, 6) is -0.964. The van der Waals surface area contributed by atoms with E-state index < -0.39 is 33.4 Å². The molecule has 21 heavy (non-hydrogen) atoms. The molecule has 0 bridgehead atoms. The summed E-state index contributed by atoms with van der Waals surface area (Å²) in [7, 11) is -4.05. The van der Waals surface area contributed by atoms with Gasteiger partial charge in [-0.3, -0.25) is 0 Å². The summed E-state index contributed by atoms with van der Waals surface area (Å²) in [6.07, 6.45) is -0.402. The molecule has 1 unspecified atom stereocenters. The van der Waals surface area contributed by atoms with Gasteiger partial charge in [0, 0.05) is 16.6 Å². The van der Waals surface area contributed by atoms with Crippen molar-refractivity contribution in [3.05, 3.63) is 28.0 Å². The first-order valence-electron chi connectivity index (χ1n) is 6.22. The number of aliphatic hydroxyl groups excluding tert-OH is 1. The second-order valence-electron chi connectivity index (χ2n) is 4.45. The van der Waals surface area contributed by atoms with Crippen LogP contribution in [0.3, 0.4) is 0 Å². The highest BCUT2D eigenvalue weighted by molar-refractivity contribution is 9.10. The average Bonchev–Trinajstić information content (AvgIpc) is 2.48. The van der Waals surface area contributed by atoms with Crippen LogP contribution in [0.2, 0.25) is 0 Å². The van der Waals surface area contributed by atoms with E-state index in [9.17, 15) is 12.8 Å². The van der Waals surface area contributed by atoms with Crippen molar-refractivity contribution in [3.8, 4) is 0 Å². The molecule has 9 heteroatoms. The van der Waals surface area contributed by atoms with Crippen molar-refractivity contribution in [2.75, 3.05) is 26.4 Å². The molecule has 2 rings (SSSR count). The quantitative estimate of drug-likeness (QED) is 0.784. The second-order valence-corrected chi connectivity index (χ2v) is 7.11. The molecule has 1 heterocycles. The van der Waals surface area contributed by atoms with Gasteiger partial charge in [0.2, 0.25) is 10.0 Å². The van der Waals surface area contributed by atoms with Gasteiger partial charge in [0.15, 0.2) is 0 Å². The van der Waals surface area contributed by atoms with Crippen LogP contribution in [0.1, 0.15) is 5.56 Å². The van der Waals surface area contributed by atoms with Crippen LogP contribution in [0.4, 0.5) is 4.39 Å². The van der Waals surface area contributed by atoms with E-state index in [1.54, 1.807) is 0 Å². The third kappa shape index (κ3) is 4.21. The number of hydrogen-bond donors (Lipinski definition) is 2. The second kappa shape index (κ2) is 7.12. The summed E-state index contributed by atoms with van der Waals surface area (Å²) in [5.41, 5.74) is -0.0954. The first kappa shape index (κ1) is 16.8. The lowest BCUT2D eigenvalue weighted by Crippen LogP contribution is -2.39. The monoisotopic (exact) mass is 383 g/mol. The largest absolute Gasteiger partial charge is 0.392 e. The van der Waals surface area contributed by atoms with Crippen LogP contribution in [0, 0.1) is 5.82 Å². The van der Waals surface area contributed by atoms with Gasteiger partial charge in [-0.15, -0.1) is 0 Å². The molecule has 1 atom stereocenters. The first-order chi connectivity index (χ1) is 9.94. The number of sulfonamides is 1. The van der Waals surface area contributed by atoms with E-state index in [0.717, 1.165) is 6.07 Å². The molecular weight excluding hydrogens is 369 g/mol. The van der Waals surface area contributed by atoms with Gasteiger partial charge in [-0.05, 0) is 12.1 Å². The average molecular weight is 384 g/mol. The van der Waals surface area contributed by atoms with Crippen molar-refractivity contribution < 1.29 is 27.4 Å². The van der Waals surface area contributed by atoms with Crippen LogP contribution < -0.4 is 4.72 Å². The van der Waals surface area contributed by atoms with Gasteiger partial charge in [0.05, 0.1) is 32.5 Å². The van der Waals surface area contributed by atoms with Crippen LogP contribution in [-0.4, -0.2) is 46.0 Å². The van der Waals surface area contributed by atoms with Crippen molar-refractivity contribution in [1.82, 2.24) is 4.72 Å². The van der Waals surface area contributed by atoms with Crippen LogP contribution in [0.25, 0.3) is 0 Å². The maximum atomic E-state index is 14.1. The molecule has 6 nitrogen and oxygen atoms in total. The number of nitrogens with one attached hydrogen (secondary N) is 1. The molecule has 1 fully saturated rings. The Bertz CT molecular complexity index is 604. The van der Waals surface area contributed by atoms with Crippen LogP contribution in [-0.2, 0) is 26.1 Å². The molecule has 0 saturated carbocycles. The molecule has 1 aliphatic rings. The van der Waals surface area contributed by atoms with E-state index in [2.05, 4.69) is 20.7 Å². The summed E-state index contributed by atoms with van der Waals surface area (Å²) < 4.78 is 51.5. The molecule has 0 spiro atoms. The number of aliphatic hydroxyl groups is 1. The minimum Gasteiger partial charge on any atom is -0.392 e. The standard InChI is InChI=1S/C12H15BrFNO5S/c13-9-3-8(6-16)12(14)11(4-9)21(17,18)15-5-10-7-19-1-2-20-10/h3-4,10,15-16H,1-2,5-7H2. The molecule has 0 radical (unpaired) electrons. The van der Waals surface area contributed by atoms with Crippen molar-refractivity contribution in [2.45, 2.75) is 17.6 Å². The molecule has 118 valence electrons. The minimum absolute atomic E-state index is 0.0112. The summed E-state index contributed by atoms with van der Waals surface area (Å²) in [6.45, 7) is 0.553. The number of ether oxygens (including phenoxy) is 2. The van der Waals surface area contributed by atoms with Crippen molar-refractivity contribution in [1.29, 1.82) is 0 Å². The van der Waals surface area contributed by atoms with Gasteiger partial charge in [-0.1, -0.05) is 15.9 Å². The first-order valence-corrected chi connectivity index (χ1v) is 8.49. The van der Waals surface area contributed by atoms with Gasteiger partial charge >= 0.3 is 0 Å². The Balaban J connectivity index is 2.17. The topological polar surface area (TPSA) is 84.9 Å². The van der Waals surface area contributed by atoms with E-state index in [0.29, 0.717) is 17.7 Å². The van der Waals surface area contributed by atoms with E-state index in [-0.39, 0.29) is 18.7 Å². The minimum atomic E-state index is -4.05. The Labute approximate surface area is 130 Å². The summed E-state index contributed by atoms with van der Waals surface area (Å²) in [6, 6.07) is 2.47. The molecule has 1 aromatic rings. The molecule has 1 aliphatic heterocycles. The Kier molecular flexibility index (Phi) is 5.69. The fraction of sp³-hybridized carbons (Fsp3) is 0.500. The van der Waals surface area contributed by atoms with Crippen molar-refractivity contribution in [3.63, 3.8) is 0 Å². The predicted octanol–water partition coefficient (Wildman–Crippen LogP) is 0.774. The predicted molar refractivity (Wildman–Crippen MR) is 75.8 cm³/mol. The molecule has 1 saturated heterocycles. The van der Waals surface area contributed by atoms with Gasteiger partial charge in [0.25, 0.3) is 0 Å². The maximum absolute atomic E-state index is 14.1. The molecule has 0 aromatic heterocycles. The van der Waals surface area contributed by atoms with Crippen molar-refractivity contribution >= 4 is 26.0 Å². The maximum Gasteiger partial charge on any atom is 0.243 e. The highest BCUT2D eigenvalue weighted by atomic mass is 79.9. The Morgan fingerprint density at radius 1 is 1.43 bits per heavy atom. The molecule has 1 aromatic carbocycles. The SMILES string of the molecule is O=S(=O)(NCC1COCCO1)c1cc(Br)cc(CO)c1F. The zero-order valence-corrected chi connectivity index (χ0v) is 13.4. The fourth-order valence-electron chi connectivity index (χ4n) is 1.86. The normalized spacial score (nSPS) is 19.7.